The minimum atomic E-state index is -0.233. The molecular weight excluding hydrogens is 236 g/mol. The van der Waals surface area contributed by atoms with Gasteiger partial charge in [0.2, 0.25) is 5.91 Å². The van der Waals surface area contributed by atoms with Crippen LogP contribution >= 0.6 is 11.3 Å². The normalized spacial score (nSPS) is 15.8. The molecule has 0 bridgehead atoms. The third-order valence-corrected chi connectivity index (χ3v) is 4.11. The van der Waals surface area contributed by atoms with Gasteiger partial charge in [0.1, 0.15) is 0 Å². The van der Waals surface area contributed by atoms with Gasteiger partial charge in [-0.15, -0.1) is 11.3 Å². The van der Waals surface area contributed by atoms with Crippen molar-refractivity contribution in [2.45, 2.75) is 32.6 Å². The van der Waals surface area contributed by atoms with Gasteiger partial charge in [0, 0.05) is 5.92 Å². The van der Waals surface area contributed by atoms with E-state index in [-0.39, 0.29) is 17.7 Å². The van der Waals surface area contributed by atoms with E-state index in [0.29, 0.717) is 4.88 Å². The molecule has 0 aliphatic heterocycles. The van der Waals surface area contributed by atoms with Crippen molar-refractivity contribution in [3.05, 3.63) is 21.9 Å². The molecule has 0 unspecified atom stereocenters. The second kappa shape index (κ2) is 5.31. The average Bonchev–Trinajstić information content (AvgIpc) is 2.95. The number of hydrazine groups is 1. The molecule has 17 heavy (non-hydrogen) atoms. The molecule has 92 valence electrons. The fourth-order valence-corrected chi connectivity index (χ4v) is 2.89. The van der Waals surface area contributed by atoms with Crippen LogP contribution < -0.4 is 10.9 Å². The zero-order valence-electron chi connectivity index (χ0n) is 9.79. The van der Waals surface area contributed by atoms with Gasteiger partial charge in [-0.05, 0) is 36.8 Å². The number of amides is 2. The molecule has 1 heterocycles. The van der Waals surface area contributed by atoms with Gasteiger partial charge in [-0.1, -0.05) is 12.8 Å². The molecule has 2 amide bonds. The van der Waals surface area contributed by atoms with E-state index >= 15 is 0 Å². The van der Waals surface area contributed by atoms with Gasteiger partial charge in [-0.3, -0.25) is 20.4 Å². The first-order valence-corrected chi connectivity index (χ1v) is 6.70. The molecule has 1 aliphatic rings. The van der Waals surface area contributed by atoms with Crippen molar-refractivity contribution in [3.8, 4) is 0 Å². The summed E-state index contributed by atoms with van der Waals surface area (Å²) in [7, 11) is 0. The Hall–Kier alpha value is -1.36. The molecule has 1 fully saturated rings. The number of thiophene rings is 1. The first-order chi connectivity index (χ1) is 8.18. The molecule has 0 radical (unpaired) electrons. The van der Waals surface area contributed by atoms with E-state index in [1.165, 1.54) is 11.3 Å². The van der Waals surface area contributed by atoms with Gasteiger partial charge in [-0.2, -0.15) is 0 Å². The van der Waals surface area contributed by atoms with Gasteiger partial charge < -0.3 is 0 Å². The van der Waals surface area contributed by atoms with Gasteiger partial charge in [-0.25, -0.2) is 0 Å². The number of aryl methyl sites for hydroxylation is 1. The number of hydrogen-bond donors (Lipinski definition) is 2. The van der Waals surface area contributed by atoms with E-state index in [0.717, 1.165) is 31.2 Å². The highest BCUT2D eigenvalue weighted by Crippen LogP contribution is 2.24. The van der Waals surface area contributed by atoms with E-state index in [2.05, 4.69) is 10.9 Å². The van der Waals surface area contributed by atoms with E-state index in [9.17, 15) is 9.59 Å². The van der Waals surface area contributed by atoms with E-state index in [4.69, 9.17) is 0 Å². The van der Waals surface area contributed by atoms with Gasteiger partial charge in [0.15, 0.2) is 0 Å². The van der Waals surface area contributed by atoms with Crippen molar-refractivity contribution in [1.82, 2.24) is 10.9 Å². The molecular formula is C12H16N2O2S. The SMILES string of the molecule is Cc1ccsc1C(=O)NNC(=O)C1CCCC1. The molecule has 2 N–H and O–H groups in total. The molecule has 1 aromatic rings. The van der Waals surface area contributed by atoms with Crippen LogP contribution in [-0.4, -0.2) is 11.8 Å². The molecule has 0 spiro atoms. The Labute approximate surface area is 104 Å². The lowest BCUT2D eigenvalue weighted by atomic mass is 10.1. The molecule has 5 heteroatoms. The van der Waals surface area contributed by atoms with Crippen LogP contribution in [0.3, 0.4) is 0 Å². The minimum absolute atomic E-state index is 0.0648. The summed E-state index contributed by atoms with van der Waals surface area (Å²) in [4.78, 5) is 24.1. The van der Waals surface area contributed by atoms with Gasteiger partial charge in [0.25, 0.3) is 5.91 Å². The van der Waals surface area contributed by atoms with Crippen molar-refractivity contribution >= 4 is 23.2 Å². The lowest BCUT2D eigenvalue weighted by Gasteiger charge is -2.10. The first kappa shape index (κ1) is 12.1. The second-order valence-corrected chi connectivity index (χ2v) is 5.27. The summed E-state index contributed by atoms with van der Waals surface area (Å²) in [6.45, 7) is 1.88. The molecule has 1 aliphatic carbocycles. The lowest BCUT2D eigenvalue weighted by Crippen LogP contribution is -2.44. The zero-order valence-corrected chi connectivity index (χ0v) is 10.6. The average molecular weight is 252 g/mol. The van der Waals surface area contributed by atoms with Gasteiger partial charge in [0.05, 0.1) is 4.88 Å². The van der Waals surface area contributed by atoms with Crippen LogP contribution in [0, 0.1) is 12.8 Å². The van der Waals surface area contributed by atoms with Crippen LogP contribution in [0.15, 0.2) is 11.4 Å². The smallest absolute Gasteiger partial charge is 0.273 e. The number of nitrogens with one attached hydrogen (secondary N) is 2. The largest absolute Gasteiger partial charge is 0.280 e. The summed E-state index contributed by atoms with van der Waals surface area (Å²) in [6, 6.07) is 1.89. The quantitative estimate of drug-likeness (QED) is 0.791. The monoisotopic (exact) mass is 252 g/mol. The molecule has 1 aromatic heterocycles. The predicted octanol–water partition coefficient (Wildman–Crippen LogP) is 2.01. The Morgan fingerprint density at radius 1 is 1.29 bits per heavy atom. The van der Waals surface area contributed by atoms with Crippen LogP contribution in [0.4, 0.5) is 0 Å². The highest BCUT2D eigenvalue weighted by Gasteiger charge is 2.23. The van der Waals surface area contributed by atoms with E-state index < -0.39 is 0 Å². The minimum Gasteiger partial charge on any atom is -0.273 e. The van der Waals surface area contributed by atoms with Crippen molar-refractivity contribution in [1.29, 1.82) is 0 Å². The molecule has 0 saturated heterocycles. The van der Waals surface area contributed by atoms with Crippen LogP contribution in [0.2, 0.25) is 0 Å². The van der Waals surface area contributed by atoms with Crippen LogP contribution in [-0.2, 0) is 4.79 Å². The molecule has 4 nitrogen and oxygen atoms in total. The maximum absolute atomic E-state index is 11.7. The first-order valence-electron chi connectivity index (χ1n) is 5.83. The van der Waals surface area contributed by atoms with Crippen LogP contribution in [0.1, 0.15) is 40.9 Å². The van der Waals surface area contributed by atoms with Crippen molar-refractivity contribution in [2.24, 2.45) is 5.92 Å². The predicted molar refractivity (Wildman–Crippen MR) is 66.6 cm³/mol. The Morgan fingerprint density at radius 2 is 2.00 bits per heavy atom. The van der Waals surface area contributed by atoms with Crippen LogP contribution in [0.5, 0.6) is 0 Å². The van der Waals surface area contributed by atoms with E-state index in [1.54, 1.807) is 0 Å². The summed E-state index contributed by atoms with van der Waals surface area (Å²) in [5.41, 5.74) is 5.92. The number of rotatable bonds is 2. The van der Waals surface area contributed by atoms with Crippen molar-refractivity contribution in [2.75, 3.05) is 0 Å². The maximum atomic E-state index is 11.7. The van der Waals surface area contributed by atoms with Crippen LogP contribution in [0.25, 0.3) is 0 Å². The third-order valence-electron chi connectivity index (χ3n) is 3.09. The summed E-state index contributed by atoms with van der Waals surface area (Å²) in [5.74, 6) is -0.228. The number of hydrogen-bond acceptors (Lipinski definition) is 3. The highest BCUT2D eigenvalue weighted by atomic mass is 32.1. The molecule has 1 saturated carbocycles. The summed E-state index contributed by atoms with van der Waals surface area (Å²) in [5, 5.41) is 1.86. The standard InChI is InChI=1S/C12H16N2O2S/c1-8-6-7-17-10(8)12(16)14-13-11(15)9-4-2-3-5-9/h6-7,9H,2-5H2,1H3,(H,13,15)(H,14,16). The van der Waals surface area contributed by atoms with Gasteiger partial charge >= 0.3 is 0 Å². The molecule has 2 rings (SSSR count). The summed E-state index contributed by atoms with van der Waals surface area (Å²) < 4.78 is 0. The van der Waals surface area contributed by atoms with E-state index in [1.807, 2.05) is 18.4 Å². The fraction of sp³-hybridized carbons (Fsp3) is 0.500. The lowest BCUT2D eigenvalue weighted by molar-refractivity contribution is -0.125. The maximum Gasteiger partial charge on any atom is 0.280 e. The highest BCUT2D eigenvalue weighted by molar-refractivity contribution is 7.12. The summed E-state index contributed by atoms with van der Waals surface area (Å²) >= 11 is 1.38. The van der Waals surface area contributed by atoms with Crippen molar-refractivity contribution in [3.63, 3.8) is 0 Å². The Kier molecular flexibility index (Phi) is 3.78. The number of carbonyl (C=O) groups is 2. The van der Waals surface area contributed by atoms with Crippen molar-refractivity contribution < 1.29 is 9.59 Å². The number of carbonyl (C=O) groups excluding carboxylic acids is 2. The third kappa shape index (κ3) is 2.85. The molecule has 0 atom stereocenters. The fourth-order valence-electron chi connectivity index (χ4n) is 2.07. The summed E-state index contributed by atoms with van der Waals surface area (Å²) in [6.07, 6.45) is 4.07. The topological polar surface area (TPSA) is 58.2 Å². The Bertz CT molecular complexity index is 422. The second-order valence-electron chi connectivity index (χ2n) is 4.36. The zero-order chi connectivity index (χ0) is 12.3. The molecule has 0 aromatic carbocycles. The Balaban J connectivity index is 1.84. The Morgan fingerprint density at radius 3 is 2.59 bits per heavy atom.